The van der Waals surface area contributed by atoms with E-state index in [9.17, 15) is 9.59 Å². The van der Waals surface area contributed by atoms with Crippen LogP contribution in [0.3, 0.4) is 0 Å². The first-order valence-corrected chi connectivity index (χ1v) is 12.2. The standard InChI is InChI=1S/C26H37BN4O5/c1-24(2)25(3,4)36-27(35-24)26(5,14-10-13-19-11-8-7-9-12-19)31-23(33)21(18-34-6)30-22(32)20-17-28-15-16-29-20/h7-9,11-12,15-17,21H,10,13-14,18H2,1-6H3,(H,30,32)(H,31,33)/t21-,26+/m1/s1. The number of methoxy groups -OCH3 is 1. The van der Waals surface area contributed by atoms with Crippen molar-refractivity contribution in [2.75, 3.05) is 13.7 Å². The fraction of sp³-hybridized carbons (Fsp3) is 0.538. The number of rotatable bonds is 11. The van der Waals surface area contributed by atoms with Gasteiger partial charge >= 0.3 is 7.12 Å². The summed E-state index contributed by atoms with van der Waals surface area (Å²) >= 11 is 0. The van der Waals surface area contributed by atoms with Crippen LogP contribution in [-0.4, -0.2) is 65.3 Å². The lowest BCUT2D eigenvalue weighted by atomic mass is 9.62. The average Bonchev–Trinajstić information content (AvgIpc) is 3.07. The van der Waals surface area contributed by atoms with Gasteiger partial charge in [0.2, 0.25) is 5.91 Å². The third-order valence-electron chi connectivity index (χ3n) is 6.94. The highest BCUT2D eigenvalue weighted by Crippen LogP contribution is 2.40. The first kappa shape index (κ1) is 27.8. The van der Waals surface area contributed by atoms with E-state index in [4.69, 9.17) is 14.0 Å². The predicted molar refractivity (Wildman–Crippen MR) is 137 cm³/mol. The van der Waals surface area contributed by atoms with Gasteiger partial charge in [0.25, 0.3) is 5.91 Å². The molecule has 0 saturated carbocycles. The first-order valence-electron chi connectivity index (χ1n) is 12.2. The molecule has 10 heteroatoms. The number of hydrogen-bond donors (Lipinski definition) is 2. The zero-order valence-electron chi connectivity index (χ0n) is 22.0. The van der Waals surface area contributed by atoms with Crippen LogP contribution in [0.15, 0.2) is 48.9 Å². The molecule has 3 rings (SSSR count). The van der Waals surface area contributed by atoms with Crippen molar-refractivity contribution in [2.45, 2.75) is 76.6 Å². The summed E-state index contributed by atoms with van der Waals surface area (Å²) in [4.78, 5) is 34.0. The lowest BCUT2D eigenvalue weighted by Crippen LogP contribution is -2.62. The topological polar surface area (TPSA) is 112 Å². The molecule has 1 aliphatic rings. The van der Waals surface area contributed by atoms with Crippen LogP contribution in [0.5, 0.6) is 0 Å². The average molecular weight is 496 g/mol. The summed E-state index contributed by atoms with van der Waals surface area (Å²) in [7, 11) is 0.795. The Morgan fingerprint density at radius 3 is 2.36 bits per heavy atom. The summed E-state index contributed by atoms with van der Waals surface area (Å²) in [6.07, 6.45) is 6.48. The number of hydrogen-bond acceptors (Lipinski definition) is 7. The van der Waals surface area contributed by atoms with Crippen molar-refractivity contribution >= 4 is 18.9 Å². The molecule has 2 heterocycles. The molecule has 2 aromatic rings. The number of ether oxygens (including phenoxy) is 1. The van der Waals surface area contributed by atoms with Crippen LogP contribution in [0.1, 0.15) is 63.5 Å². The van der Waals surface area contributed by atoms with Crippen LogP contribution >= 0.6 is 0 Å². The van der Waals surface area contributed by atoms with E-state index in [1.54, 1.807) is 0 Å². The van der Waals surface area contributed by atoms with Crippen molar-refractivity contribution in [3.05, 3.63) is 60.2 Å². The van der Waals surface area contributed by atoms with Gasteiger partial charge in [-0.15, -0.1) is 0 Å². The molecule has 36 heavy (non-hydrogen) atoms. The monoisotopic (exact) mass is 496 g/mol. The number of carbonyl (C=O) groups is 2. The van der Waals surface area contributed by atoms with Crippen LogP contribution in [0.2, 0.25) is 0 Å². The molecule has 1 aromatic carbocycles. The molecule has 1 saturated heterocycles. The fourth-order valence-electron chi connectivity index (χ4n) is 4.01. The number of carbonyl (C=O) groups excluding carboxylic acids is 2. The van der Waals surface area contributed by atoms with Crippen molar-refractivity contribution in [3.63, 3.8) is 0 Å². The van der Waals surface area contributed by atoms with Crippen molar-refractivity contribution in [3.8, 4) is 0 Å². The highest BCUT2D eigenvalue weighted by atomic mass is 16.7. The van der Waals surface area contributed by atoms with Crippen LogP contribution in [0.25, 0.3) is 0 Å². The molecular weight excluding hydrogens is 459 g/mol. The van der Waals surface area contributed by atoms with Crippen LogP contribution < -0.4 is 10.6 Å². The summed E-state index contributed by atoms with van der Waals surface area (Å²) in [6.45, 7) is 9.83. The Kier molecular flexibility index (Phi) is 8.87. The maximum atomic E-state index is 13.5. The predicted octanol–water partition coefficient (Wildman–Crippen LogP) is 2.75. The lowest BCUT2D eigenvalue weighted by molar-refractivity contribution is -0.125. The zero-order chi connectivity index (χ0) is 26.4. The number of amides is 2. The molecule has 0 spiro atoms. The number of aryl methyl sites for hydroxylation is 1. The minimum Gasteiger partial charge on any atom is -0.402 e. The molecule has 2 atom stereocenters. The molecule has 0 radical (unpaired) electrons. The van der Waals surface area contributed by atoms with Crippen molar-refractivity contribution in [2.24, 2.45) is 0 Å². The summed E-state index contributed by atoms with van der Waals surface area (Å²) in [5, 5.41) is 5.82. The van der Waals surface area contributed by atoms with E-state index in [0.717, 1.165) is 12.8 Å². The molecule has 1 aliphatic heterocycles. The highest BCUT2D eigenvalue weighted by Gasteiger charge is 2.58. The molecule has 2 N–H and O–H groups in total. The molecule has 1 aromatic heterocycles. The van der Waals surface area contributed by atoms with Gasteiger partial charge in [0.1, 0.15) is 11.7 Å². The van der Waals surface area contributed by atoms with Crippen molar-refractivity contribution < 1.29 is 23.6 Å². The van der Waals surface area contributed by atoms with E-state index in [1.165, 1.54) is 31.3 Å². The maximum absolute atomic E-state index is 13.5. The van der Waals surface area contributed by atoms with Gasteiger partial charge in [-0.05, 0) is 59.4 Å². The van der Waals surface area contributed by atoms with Gasteiger partial charge in [-0.3, -0.25) is 14.6 Å². The van der Waals surface area contributed by atoms with E-state index in [1.807, 2.05) is 52.8 Å². The Bertz CT molecular complexity index is 1010. The third-order valence-corrected chi connectivity index (χ3v) is 6.94. The van der Waals surface area contributed by atoms with Gasteiger partial charge in [0.05, 0.1) is 29.4 Å². The second kappa shape index (κ2) is 11.5. The number of aromatic nitrogens is 2. The van der Waals surface area contributed by atoms with Gasteiger partial charge < -0.3 is 24.7 Å². The Morgan fingerprint density at radius 2 is 1.78 bits per heavy atom. The van der Waals surface area contributed by atoms with E-state index in [-0.39, 0.29) is 12.3 Å². The maximum Gasteiger partial charge on any atom is 0.484 e. The second-order valence-corrected chi connectivity index (χ2v) is 10.4. The molecule has 0 aliphatic carbocycles. The minimum absolute atomic E-state index is 0.0126. The van der Waals surface area contributed by atoms with Gasteiger partial charge in [-0.25, -0.2) is 4.98 Å². The second-order valence-electron chi connectivity index (χ2n) is 10.4. The Hall–Kier alpha value is -2.82. The quantitative estimate of drug-likeness (QED) is 0.460. The highest BCUT2D eigenvalue weighted by molar-refractivity contribution is 6.50. The molecule has 9 nitrogen and oxygen atoms in total. The van der Waals surface area contributed by atoms with Crippen molar-refractivity contribution in [1.29, 1.82) is 0 Å². The Balaban J connectivity index is 1.77. The largest absolute Gasteiger partial charge is 0.484 e. The van der Waals surface area contributed by atoms with E-state index >= 15 is 0 Å². The zero-order valence-corrected chi connectivity index (χ0v) is 22.0. The SMILES string of the molecule is COC[C@@H](NC(=O)c1cnccn1)C(=O)N[C@@](C)(CCCc1ccccc1)B1OC(C)(C)C(C)(C)O1. The third kappa shape index (κ3) is 6.69. The minimum atomic E-state index is -0.944. The summed E-state index contributed by atoms with van der Waals surface area (Å²) in [5.74, 6) is -0.910. The Morgan fingerprint density at radius 1 is 1.11 bits per heavy atom. The van der Waals surface area contributed by atoms with Crippen molar-refractivity contribution in [1.82, 2.24) is 20.6 Å². The molecular formula is C26H37BN4O5. The van der Waals surface area contributed by atoms with Gasteiger partial charge in [-0.1, -0.05) is 30.3 Å². The van der Waals surface area contributed by atoms with Gasteiger partial charge in [0.15, 0.2) is 0 Å². The van der Waals surface area contributed by atoms with E-state index in [2.05, 4.69) is 32.7 Å². The Labute approximate surface area is 213 Å². The molecule has 0 unspecified atom stereocenters. The first-order chi connectivity index (χ1) is 17.0. The summed E-state index contributed by atoms with van der Waals surface area (Å²) in [5.41, 5.74) is -0.651. The lowest BCUT2D eigenvalue weighted by Gasteiger charge is -2.34. The van der Waals surface area contributed by atoms with Gasteiger partial charge in [0, 0.05) is 19.5 Å². The summed E-state index contributed by atoms with van der Waals surface area (Å²) in [6, 6.07) is 9.24. The summed E-state index contributed by atoms with van der Waals surface area (Å²) < 4.78 is 17.9. The fourth-order valence-corrected chi connectivity index (χ4v) is 4.01. The normalized spacial score (nSPS) is 18.8. The molecule has 194 valence electrons. The van der Waals surface area contributed by atoms with E-state index in [0.29, 0.717) is 6.42 Å². The number of nitrogens with one attached hydrogen (secondary N) is 2. The van der Waals surface area contributed by atoms with Crippen LogP contribution in [0.4, 0.5) is 0 Å². The number of nitrogens with zero attached hydrogens (tertiary/aromatic N) is 2. The smallest absolute Gasteiger partial charge is 0.402 e. The van der Waals surface area contributed by atoms with Crippen LogP contribution in [0, 0.1) is 0 Å². The molecule has 0 bridgehead atoms. The molecule has 2 amide bonds. The van der Waals surface area contributed by atoms with Gasteiger partial charge in [-0.2, -0.15) is 0 Å². The van der Waals surface area contributed by atoms with Crippen LogP contribution in [-0.2, 0) is 25.3 Å². The number of benzene rings is 1. The molecule has 1 fully saturated rings. The van der Waals surface area contributed by atoms with E-state index < -0.39 is 41.6 Å².